The van der Waals surface area contributed by atoms with Gasteiger partial charge in [0, 0.05) is 14.1 Å². The minimum absolute atomic E-state index is 0.0503. The molecule has 1 saturated heterocycles. The molecule has 2 aromatic rings. The molecule has 2 N–H and O–H groups in total. The third kappa shape index (κ3) is 3.63. The van der Waals surface area contributed by atoms with Crippen molar-refractivity contribution in [3.8, 4) is 23.0 Å². The van der Waals surface area contributed by atoms with E-state index in [2.05, 4.69) is 0 Å². The quantitative estimate of drug-likeness (QED) is 0.807. The van der Waals surface area contributed by atoms with Gasteiger partial charge in [-0.1, -0.05) is 6.07 Å². The van der Waals surface area contributed by atoms with Gasteiger partial charge in [-0.05, 0) is 72.9 Å². The van der Waals surface area contributed by atoms with Gasteiger partial charge in [-0.2, -0.15) is 0 Å². The summed E-state index contributed by atoms with van der Waals surface area (Å²) in [6, 6.07) is 8.19. The van der Waals surface area contributed by atoms with E-state index >= 15 is 0 Å². The maximum atomic E-state index is 10.5. The number of fused-ring (bicyclic) bond motifs is 2. The number of phenolic OH excluding ortho intramolecular Hbond substituents is 2. The zero-order valence-electron chi connectivity index (χ0n) is 22.3. The number of methoxy groups -OCH3 is 2. The number of benzene rings is 2. The molecule has 1 fully saturated rings. The van der Waals surface area contributed by atoms with Crippen LogP contribution in [0, 0.1) is 11.8 Å². The molecule has 3 atom stereocenters. The predicted molar refractivity (Wildman–Crippen MR) is 108 cm³/mol. The number of phenols is 2. The molecule has 2 aliphatic rings. The van der Waals surface area contributed by atoms with Gasteiger partial charge in [0.1, 0.15) is 0 Å². The molecule has 0 aromatic heterocycles. The van der Waals surface area contributed by atoms with Gasteiger partial charge in [0.15, 0.2) is 28.8 Å². The molecule has 0 radical (unpaired) electrons. The Kier molecular flexibility index (Phi) is 3.51. The van der Waals surface area contributed by atoms with Crippen molar-refractivity contribution < 1.29 is 37.4 Å². The van der Waals surface area contributed by atoms with Gasteiger partial charge >= 0.3 is 0 Å². The van der Waals surface area contributed by atoms with Crippen LogP contribution in [0.2, 0.25) is 0 Å². The molecule has 0 bridgehead atoms. The maximum Gasteiger partial charge on any atom is 0.162 e. The molecule has 1 aliphatic heterocycles. The van der Waals surface area contributed by atoms with Gasteiger partial charge in [-0.3, -0.25) is 0 Å². The van der Waals surface area contributed by atoms with Crippen LogP contribution in [0.25, 0.3) is 0 Å². The fourth-order valence-corrected chi connectivity index (χ4v) is 4.40. The Bertz CT molecular complexity index is 1090. The first-order valence-corrected chi connectivity index (χ1v) is 9.37. The van der Waals surface area contributed by atoms with Crippen molar-refractivity contribution in [3.05, 3.63) is 47.0 Å². The fourth-order valence-electron chi connectivity index (χ4n) is 4.40. The predicted octanol–water partition coefficient (Wildman–Crippen LogP) is 3.82. The van der Waals surface area contributed by atoms with Gasteiger partial charge < -0.3 is 29.2 Å². The molecule has 0 saturated carbocycles. The summed E-state index contributed by atoms with van der Waals surface area (Å²) < 4.78 is 69.4. The fraction of sp³-hybridized carbons (Fsp3) is 0.478. The standard InChI is InChI=1S/C23H28O6/c1-23(2)28-11-15-7-14-9-21(27-4)19(25)10-16(14)22(17(15)12-29-23)13-5-6-18(24)20(8-13)26-3/h5-6,8-10,15,17,22,24-25H,7,11-12H2,1-4H3/t15-,17-,22-/m0/s1/i1D3,2D3. The molecule has 2 aromatic carbocycles. The van der Waals surface area contributed by atoms with E-state index in [-0.39, 0.29) is 42.1 Å². The molecular weight excluding hydrogens is 372 g/mol. The Morgan fingerprint density at radius 3 is 2.45 bits per heavy atom. The van der Waals surface area contributed by atoms with Crippen molar-refractivity contribution in [3.63, 3.8) is 0 Å². The van der Waals surface area contributed by atoms with Crippen LogP contribution in [-0.2, 0) is 15.9 Å². The van der Waals surface area contributed by atoms with E-state index in [0.29, 0.717) is 6.42 Å². The molecule has 156 valence electrons. The van der Waals surface area contributed by atoms with E-state index < -0.39 is 31.3 Å². The first-order chi connectivity index (χ1) is 16.3. The van der Waals surface area contributed by atoms with Gasteiger partial charge in [0.05, 0.1) is 27.4 Å². The van der Waals surface area contributed by atoms with Crippen molar-refractivity contribution in [2.75, 3.05) is 27.4 Å². The third-order valence-electron chi connectivity index (χ3n) is 5.83. The first-order valence-electron chi connectivity index (χ1n) is 12.4. The second kappa shape index (κ2) is 7.43. The molecular formula is C23H28O6. The highest BCUT2D eigenvalue weighted by molar-refractivity contribution is 5.53. The Labute approximate surface area is 179 Å². The topological polar surface area (TPSA) is 77.4 Å². The summed E-state index contributed by atoms with van der Waals surface area (Å²) in [5, 5.41) is 20.6. The molecule has 6 heteroatoms. The van der Waals surface area contributed by atoms with Crippen molar-refractivity contribution in [1.82, 2.24) is 0 Å². The Morgan fingerprint density at radius 1 is 1.00 bits per heavy atom. The minimum Gasteiger partial charge on any atom is -0.504 e. The third-order valence-corrected chi connectivity index (χ3v) is 5.83. The van der Waals surface area contributed by atoms with Crippen LogP contribution in [-0.4, -0.2) is 43.4 Å². The van der Waals surface area contributed by atoms with E-state index in [1.165, 1.54) is 20.3 Å². The SMILES string of the molecule is [2H]C([2H])([2H])C1(C([2H])([2H])[2H])OC[C@@H]2Cc3cc(OC)c(O)cc3[C@H](c3ccc(O)c(OC)c3)[C@H]2CO1. The normalized spacial score (nSPS) is 29.4. The highest BCUT2D eigenvalue weighted by atomic mass is 16.7. The highest BCUT2D eigenvalue weighted by Crippen LogP contribution is 2.49. The molecule has 6 nitrogen and oxygen atoms in total. The van der Waals surface area contributed by atoms with E-state index in [4.69, 9.17) is 27.2 Å². The van der Waals surface area contributed by atoms with Crippen molar-refractivity contribution in [2.24, 2.45) is 11.8 Å². The van der Waals surface area contributed by atoms with Crippen molar-refractivity contribution in [1.29, 1.82) is 0 Å². The lowest BCUT2D eigenvalue weighted by Gasteiger charge is -2.38. The average Bonchev–Trinajstić information content (AvgIpc) is 2.98. The lowest BCUT2D eigenvalue weighted by Crippen LogP contribution is -2.34. The number of aromatic hydroxyl groups is 2. The lowest BCUT2D eigenvalue weighted by atomic mass is 9.67. The summed E-state index contributed by atoms with van der Waals surface area (Å²) in [7, 11) is 2.87. The Hall–Kier alpha value is -2.44. The van der Waals surface area contributed by atoms with E-state index in [1.807, 2.05) is 0 Å². The lowest BCUT2D eigenvalue weighted by molar-refractivity contribution is -0.202. The molecule has 0 amide bonds. The molecule has 1 aliphatic carbocycles. The van der Waals surface area contributed by atoms with Gasteiger partial charge in [0.25, 0.3) is 0 Å². The van der Waals surface area contributed by atoms with Gasteiger partial charge in [-0.15, -0.1) is 0 Å². The highest BCUT2D eigenvalue weighted by Gasteiger charge is 2.42. The Morgan fingerprint density at radius 2 is 1.72 bits per heavy atom. The largest absolute Gasteiger partial charge is 0.504 e. The maximum absolute atomic E-state index is 10.5. The van der Waals surface area contributed by atoms with Gasteiger partial charge in [0.2, 0.25) is 0 Å². The number of ether oxygens (including phenoxy) is 4. The minimum atomic E-state index is -3.06. The average molecular weight is 407 g/mol. The molecule has 0 unspecified atom stereocenters. The van der Waals surface area contributed by atoms with Crippen molar-refractivity contribution in [2.45, 2.75) is 31.8 Å². The van der Waals surface area contributed by atoms with E-state index in [0.717, 1.165) is 16.7 Å². The van der Waals surface area contributed by atoms with Crippen LogP contribution in [0.3, 0.4) is 0 Å². The summed E-state index contributed by atoms with van der Waals surface area (Å²) >= 11 is 0. The van der Waals surface area contributed by atoms with Crippen LogP contribution in [0.15, 0.2) is 30.3 Å². The molecule has 1 heterocycles. The van der Waals surface area contributed by atoms with E-state index in [9.17, 15) is 10.2 Å². The molecule has 4 rings (SSSR count). The van der Waals surface area contributed by atoms with Crippen molar-refractivity contribution >= 4 is 0 Å². The molecule has 29 heavy (non-hydrogen) atoms. The zero-order chi connectivity index (χ0) is 25.8. The second-order valence-electron chi connectivity index (χ2n) is 7.50. The van der Waals surface area contributed by atoms with Gasteiger partial charge in [-0.25, -0.2) is 0 Å². The first kappa shape index (κ1) is 13.7. The Balaban J connectivity index is 1.86. The summed E-state index contributed by atoms with van der Waals surface area (Å²) in [5.41, 5.74) is 2.33. The van der Waals surface area contributed by atoms with Crippen LogP contribution in [0.4, 0.5) is 0 Å². The number of rotatable bonds is 3. The van der Waals surface area contributed by atoms with Crippen LogP contribution in [0.1, 0.15) is 44.5 Å². The monoisotopic (exact) mass is 406 g/mol. The molecule has 0 spiro atoms. The second-order valence-corrected chi connectivity index (χ2v) is 7.50. The van der Waals surface area contributed by atoms with E-state index in [1.54, 1.807) is 24.3 Å². The number of hydrogen-bond donors (Lipinski definition) is 2. The number of hydrogen-bond acceptors (Lipinski definition) is 6. The smallest absolute Gasteiger partial charge is 0.162 e. The zero-order valence-corrected chi connectivity index (χ0v) is 16.3. The summed E-state index contributed by atoms with van der Waals surface area (Å²) in [6.45, 7) is -6.48. The summed E-state index contributed by atoms with van der Waals surface area (Å²) in [5.74, 6) is -3.48. The van der Waals surface area contributed by atoms with Crippen LogP contribution >= 0.6 is 0 Å². The van der Waals surface area contributed by atoms with Crippen LogP contribution < -0.4 is 9.47 Å². The summed E-state index contributed by atoms with van der Waals surface area (Å²) in [4.78, 5) is 0. The van der Waals surface area contributed by atoms with Crippen LogP contribution in [0.5, 0.6) is 23.0 Å². The summed E-state index contributed by atoms with van der Waals surface area (Å²) in [6.07, 6.45) is 0.434.